The van der Waals surface area contributed by atoms with Gasteiger partial charge in [-0.3, -0.25) is 4.79 Å². The maximum atomic E-state index is 10.6. The van der Waals surface area contributed by atoms with Crippen molar-refractivity contribution < 1.29 is 14.6 Å². The Labute approximate surface area is 136 Å². The molecule has 0 unspecified atom stereocenters. The molecular formula is C16H15BrO3S. The smallest absolute Gasteiger partial charge is 0.307 e. The van der Waals surface area contributed by atoms with Gasteiger partial charge in [-0.15, -0.1) is 11.8 Å². The Bertz CT molecular complexity index is 599. The summed E-state index contributed by atoms with van der Waals surface area (Å²) in [5.74, 6) is 0.793. The lowest BCUT2D eigenvalue weighted by molar-refractivity contribution is -0.136. The first kappa shape index (κ1) is 15.9. The van der Waals surface area contributed by atoms with Gasteiger partial charge in [0.1, 0.15) is 5.75 Å². The molecule has 0 bridgehead atoms. The number of hydrogen-bond donors (Lipinski definition) is 1. The Morgan fingerprint density at radius 2 is 1.95 bits per heavy atom. The van der Waals surface area contributed by atoms with Crippen molar-refractivity contribution in [3.05, 3.63) is 58.6 Å². The summed E-state index contributed by atoms with van der Waals surface area (Å²) in [5.41, 5.74) is 0.776. The summed E-state index contributed by atoms with van der Waals surface area (Å²) >= 11 is 5.18. The number of halogens is 1. The first-order valence-electron chi connectivity index (χ1n) is 6.45. The third-order valence-corrected chi connectivity index (χ3v) is 4.15. The first-order valence-corrected chi connectivity index (χ1v) is 8.23. The highest BCUT2D eigenvalue weighted by atomic mass is 79.9. The molecule has 5 heteroatoms. The van der Waals surface area contributed by atoms with Gasteiger partial charge in [0.15, 0.2) is 0 Å². The van der Waals surface area contributed by atoms with E-state index in [1.54, 1.807) is 23.9 Å². The molecule has 0 aliphatic rings. The van der Waals surface area contributed by atoms with E-state index in [0.717, 1.165) is 21.5 Å². The van der Waals surface area contributed by atoms with E-state index in [-0.39, 0.29) is 6.42 Å². The number of thioether (sulfide) groups is 1. The third kappa shape index (κ3) is 5.81. The molecule has 0 saturated heterocycles. The van der Waals surface area contributed by atoms with E-state index >= 15 is 0 Å². The van der Waals surface area contributed by atoms with Crippen LogP contribution >= 0.6 is 27.7 Å². The zero-order valence-corrected chi connectivity index (χ0v) is 13.7. The maximum absolute atomic E-state index is 10.6. The molecule has 110 valence electrons. The lowest BCUT2D eigenvalue weighted by Crippen LogP contribution is -2.02. The highest BCUT2D eigenvalue weighted by Crippen LogP contribution is 2.22. The molecule has 0 aromatic heterocycles. The Morgan fingerprint density at radius 1 is 1.19 bits per heavy atom. The van der Waals surface area contributed by atoms with Crippen molar-refractivity contribution in [3.8, 4) is 5.75 Å². The lowest BCUT2D eigenvalue weighted by Gasteiger charge is -2.07. The standard InChI is InChI=1S/C16H15BrO3S/c17-13-2-1-3-15(11-13)21-9-8-20-14-6-4-12(5-7-14)10-16(18)19/h1-7,11H,8-10H2,(H,18,19). The zero-order chi connectivity index (χ0) is 15.1. The van der Waals surface area contributed by atoms with Gasteiger partial charge in [-0.05, 0) is 35.9 Å². The summed E-state index contributed by atoms with van der Waals surface area (Å²) in [5, 5.41) is 8.70. The van der Waals surface area contributed by atoms with Gasteiger partial charge in [0.05, 0.1) is 13.0 Å². The first-order chi connectivity index (χ1) is 10.1. The normalized spacial score (nSPS) is 10.3. The van der Waals surface area contributed by atoms with Crippen LogP contribution in [-0.2, 0) is 11.2 Å². The number of benzene rings is 2. The monoisotopic (exact) mass is 366 g/mol. The van der Waals surface area contributed by atoms with Crippen LogP contribution in [0.5, 0.6) is 5.75 Å². The summed E-state index contributed by atoms with van der Waals surface area (Å²) in [6.45, 7) is 0.607. The average molecular weight is 367 g/mol. The van der Waals surface area contributed by atoms with Crippen LogP contribution in [0.1, 0.15) is 5.56 Å². The second kappa shape index (κ2) is 8.10. The highest BCUT2D eigenvalue weighted by molar-refractivity contribution is 9.10. The average Bonchev–Trinajstić information content (AvgIpc) is 2.45. The van der Waals surface area contributed by atoms with E-state index in [2.05, 4.69) is 28.1 Å². The number of hydrogen-bond acceptors (Lipinski definition) is 3. The van der Waals surface area contributed by atoms with Crippen molar-refractivity contribution in [3.63, 3.8) is 0 Å². The number of carbonyl (C=O) groups is 1. The van der Waals surface area contributed by atoms with Gasteiger partial charge in [0.2, 0.25) is 0 Å². The van der Waals surface area contributed by atoms with Crippen LogP contribution in [0.15, 0.2) is 57.9 Å². The van der Waals surface area contributed by atoms with Crippen molar-refractivity contribution in [2.45, 2.75) is 11.3 Å². The maximum Gasteiger partial charge on any atom is 0.307 e. The number of carboxylic acid groups (broad SMARTS) is 1. The number of rotatable bonds is 7. The molecule has 0 aliphatic carbocycles. The van der Waals surface area contributed by atoms with Crippen LogP contribution in [0.25, 0.3) is 0 Å². The summed E-state index contributed by atoms with van der Waals surface area (Å²) in [4.78, 5) is 11.8. The van der Waals surface area contributed by atoms with Gasteiger partial charge in [-0.25, -0.2) is 0 Å². The minimum Gasteiger partial charge on any atom is -0.493 e. The van der Waals surface area contributed by atoms with E-state index in [4.69, 9.17) is 9.84 Å². The fourth-order valence-electron chi connectivity index (χ4n) is 1.75. The molecule has 3 nitrogen and oxygen atoms in total. The second-order valence-electron chi connectivity index (χ2n) is 4.37. The summed E-state index contributed by atoms with van der Waals surface area (Å²) in [6, 6.07) is 15.3. The molecule has 0 fully saturated rings. The molecule has 21 heavy (non-hydrogen) atoms. The molecular weight excluding hydrogens is 352 g/mol. The van der Waals surface area contributed by atoms with Gasteiger partial charge in [0, 0.05) is 15.1 Å². The summed E-state index contributed by atoms with van der Waals surface area (Å²) in [6.07, 6.45) is 0.0407. The molecule has 0 atom stereocenters. The number of ether oxygens (including phenoxy) is 1. The molecule has 2 aromatic carbocycles. The molecule has 2 rings (SSSR count). The zero-order valence-electron chi connectivity index (χ0n) is 11.3. The molecule has 0 aliphatic heterocycles. The van der Waals surface area contributed by atoms with Crippen LogP contribution in [0, 0.1) is 0 Å². The van der Waals surface area contributed by atoms with Crippen molar-refractivity contribution in [1.82, 2.24) is 0 Å². The van der Waals surface area contributed by atoms with Gasteiger partial charge < -0.3 is 9.84 Å². The van der Waals surface area contributed by atoms with Gasteiger partial charge in [-0.1, -0.05) is 34.1 Å². The molecule has 1 N–H and O–H groups in total. The fourth-order valence-corrected chi connectivity index (χ4v) is 3.09. The van der Waals surface area contributed by atoms with E-state index in [1.165, 1.54) is 4.90 Å². The van der Waals surface area contributed by atoms with Gasteiger partial charge >= 0.3 is 5.97 Å². The lowest BCUT2D eigenvalue weighted by atomic mass is 10.1. The van der Waals surface area contributed by atoms with Crippen molar-refractivity contribution in [2.75, 3.05) is 12.4 Å². The molecule has 0 amide bonds. The Hall–Kier alpha value is -1.46. The Kier molecular flexibility index (Phi) is 6.14. The fraction of sp³-hybridized carbons (Fsp3) is 0.188. The Balaban J connectivity index is 1.74. The van der Waals surface area contributed by atoms with E-state index in [1.807, 2.05) is 24.3 Å². The second-order valence-corrected chi connectivity index (χ2v) is 6.45. The van der Waals surface area contributed by atoms with Gasteiger partial charge in [-0.2, -0.15) is 0 Å². The van der Waals surface area contributed by atoms with Crippen LogP contribution in [0.4, 0.5) is 0 Å². The number of aliphatic carboxylic acids is 1. The van der Waals surface area contributed by atoms with Crippen LogP contribution in [0.3, 0.4) is 0 Å². The molecule has 0 saturated carbocycles. The van der Waals surface area contributed by atoms with E-state index < -0.39 is 5.97 Å². The van der Waals surface area contributed by atoms with Crippen molar-refractivity contribution >= 4 is 33.7 Å². The quantitative estimate of drug-likeness (QED) is 0.587. The summed E-state index contributed by atoms with van der Waals surface area (Å²) in [7, 11) is 0. The predicted octanol–water partition coefficient (Wildman–Crippen LogP) is 4.25. The van der Waals surface area contributed by atoms with Gasteiger partial charge in [0.25, 0.3) is 0 Å². The Morgan fingerprint density at radius 3 is 2.62 bits per heavy atom. The molecule has 2 aromatic rings. The third-order valence-electron chi connectivity index (χ3n) is 2.70. The van der Waals surface area contributed by atoms with Crippen LogP contribution in [0.2, 0.25) is 0 Å². The largest absolute Gasteiger partial charge is 0.493 e. The topological polar surface area (TPSA) is 46.5 Å². The molecule has 0 spiro atoms. The summed E-state index contributed by atoms with van der Waals surface area (Å²) < 4.78 is 6.71. The van der Waals surface area contributed by atoms with Crippen LogP contribution < -0.4 is 4.74 Å². The molecule has 0 heterocycles. The minimum atomic E-state index is -0.825. The SMILES string of the molecule is O=C(O)Cc1ccc(OCCSc2cccc(Br)c2)cc1. The number of carboxylic acids is 1. The van der Waals surface area contributed by atoms with E-state index in [9.17, 15) is 4.79 Å². The predicted molar refractivity (Wildman–Crippen MR) is 88.1 cm³/mol. The van der Waals surface area contributed by atoms with Crippen molar-refractivity contribution in [2.24, 2.45) is 0 Å². The van der Waals surface area contributed by atoms with Crippen LogP contribution in [-0.4, -0.2) is 23.4 Å². The molecule has 0 radical (unpaired) electrons. The van der Waals surface area contributed by atoms with E-state index in [0.29, 0.717) is 6.61 Å². The minimum absolute atomic E-state index is 0.0407. The highest BCUT2D eigenvalue weighted by Gasteiger charge is 2.01. The van der Waals surface area contributed by atoms with Crippen molar-refractivity contribution in [1.29, 1.82) is 0 Å².